The number of hydrogen-bond acceptors (Lipinski definition) is 5. The molecule has 1 saturated carbocycles. The molecule has 1 aliphatic heterocycles. The van der Waals surface area contributed by atoms with Crippen LogP contribution in [-0.2, 0) is 19.0 Å². The molecule has 5 nitrogen and oxygen atoms in total. The van der Waals surface area contributed by atoms with E-state index in [-0.39, 0.29) is 18.5 Å². The van der Waals surface area contributed by atoms with E-state index in [0.29, 0.717) is 12.5 Å². The van der Waals surface area contributed by atoms with Crippen LogP contribution < -0.4 is 4.74 Å². The number of hydrogen-bond donors (Lipinski definition) is 0. The van der Waals surface area contributed by atoms with Gasteiger partial charge in [-0.05, 0) is 50.3 Å². The minimum atomic E-state index is -0.687. The van der Waals surface area contributed by atoms with E-state index in [1.54, 1.807) is 13.8 Å². The van der Waals surface area contributed by atoms with Crippen molar-refractivity contribution in [1.29, 1.82) is 0 Å². The minimum Gasteiger partial charge on any atom is -0.490 e. The summed E-state index contributed by atoms with van der Waals surface area (Å²) in [6, 6.07) is 7.94. The van der Waals surface area contributed by atoms with Crippen LogP contribution in [0.15, 0.2) is 24.3 Å². The molecule has 2 fully saturated rings. The second-order valence-electron chi connectivity index (χ2n) is 6.74. The fourth-order valence-electron chi connectivity index (χ4n) is 2.53. The van der Waals surface area contributed by atoms with Crippen LogP contribution in [0, 0.1) is 0 Å². The molecule has 0 radical (unpaired) electrons. The summed E-state index contributed by atoms with van der Waals surface area (Å²) in [6.45, 7) is 5.89. The highest BCUT2D eigenvalue weighted by Crippen LogP contribution is 2.29. The third kappa shape index (κ3) is 4.69. The molecule has 0 N–H and O–H groups in total. The zero-order chi connectivity index (χ0) is 16.4. The van der Waals surface area contributed by atoms with Gasteiger partial charge in [-0.3, -0.25) is 4.79 Å². The normalized spacial score (nSPS) is 24.2. The molecule has 1 aromatic carbocycles. The SMILES string of the molecule is C[C@@H](CC(=O)OC1COC(C)(C)O1)c1ccc(OC2CC2)cc1. The minimum absolute atomic E-state index is 0.0767. The average molecular weight is 320 g/mol. The largest absolute Gasteiger partial charge is 0.490 e. The molecule has 0 bridgehead atoms. The molecular formula is C18H24O5. The van der Waals surface area contributed by atoms with Gasteiger partial charge in [-0.25, -0.2) is 0 Å². The van der Waals surface area contributed by atoms with Gasteiger partial charge < -0.3 is 18.9 Å². The second-order valence-corrected chi connectivity index (χ2v) is 6.74. The number of rotatable bonds is 6. The van der Waals surface area contributed by atoms with Gasteiger partial charge in [-0.15, -0.1) is 0 Å². The second kappa shape index (κ2) is 6.49. The summed E-state index contributed by atoms with van der Waals surface area (Å²) >= 11 is 0. The van der Waals surface area contributed by atoms with Gasteiger partial charge in [0.1, 0.15) is 12.4 Å². The van der Waals surface area contributed by atoms with Crippen LogP contribution in [0.5, 0.6) is 5.75 Å². The Labute approximate surface area is 136 Å². The molecule has 1 aliphatic carbocycles. The smallest absolute Gasteiger partial charge is 0.308 e. The first-order valence-corrected chi connectivity index (χ1v) is 8.19. The average Bonchev–Trinajstić information content (AvgIpc) is 3.23. The first kappa shape index (κ1) is 16.3. The zero-order valence-electron chi connectivity index (χ0n) is 13.9. The van der Waals surface area contributed by atoms with Gasteiger partial charge in [0.25, 0.3) is 0 Å². The van der Waals surface area contributed by atoms with Crippen molar-refractivity contribution in [3.05, 3.63) is 29.8 Å². The molecule has 3 rings (SSSR count). The summed E-state index contributed by atoms with van der Waals surface area (Å²) in [4.78, 5) is 12.0. The van der Waals surface area contributed by atoms with Crippen LogP contribution in [0.4, 0.5) is 0 Å². The Balaban J connectivity index is 1.47. The molecule has 0 aromatic heterocycles. The Bertz CT molecular complexity index is 547. The van der Waals surface area contributed by atoms with E-state index in [1.165, 1.54) is 0 Å². The molecular weight excluding hydrogens is 296 g/mol. The maximum absolute atomic E-state index is 12.0. The van der Waals surface area contributed by atoms with Crippen molar-refractivity contribution in [1.82, 2.24) is 0 Å². The predicted octanol–water partition coefficient (Wildman–Crippen LogP) is 3.37. The fourth-order valence-corrected chi connectivity index (χ4v) is 2.53. The van der Waals surface area contributed by atoms with Gasteiger partial charge >= 0.3 is 5.97 Å². The van der Waals surface area contributed by atoms with Crippen LogP contribution >= 0.6 is 0 Å². The van der Waals surface area contributed by atoms with Crippen LogP contribution in [0.1, 0.15) is 51.5 Å². The van der Waals surface area contributed by atoms with Crippen molar-refractivity contribution in [3.63, 3.8) is 0 Å². The van der Waals surface area contributed by atoms with Crippen molar-refractivity contribution in [2.45, 2.75) is 64.1 Å². The summed E-state index contributed by atoms with van der Waals surface area (Å²) in [7, 11) is 0. The van der Waals surface area contributed by atoms with E-state index in [4.69, 9.17) is 18.9 Å². The topological polar surface area (TPSA) is 54.0 Å². The third-order valence-electron chi connectivity index (χ3n) is 3.99. The van der Waals surface area contributed by atoms with Gasteiger partial charge in [0.05, 0.1) is 12.5 Å². The summed E-state index contributed by atoms with van der Waals surface area (Å²) in [5.41, 5.74) is 1.09. The highest BCUT2D eigenvalue weighted by Gasteiger charge is 2.35. The maximum Gasteiger partial charge on any atom is 0.308 e. The molecule has 0 spiro atoms. The maximum atomic E-state index is 12.0. The van der Waals surface area contributed by atoms with E-state index >= 15 is 0 Å². The zero-order valence-corrected chi connectivity index (χ0v) is 13.9. The highest BCUT2D eigenvalue weighted by molar-refractivity contribution is 5.70. The van der Waals surface area contributed by atoms with Gasteiger partial charge in [0, 0.05) is 0 Å². The highest BCUT2D eigenvalue weighted by atomic mass is 16.8. The molecule has 1 heterocycles. The molecule has 1 aromatic rings. The summed E-state index contributed by atoms with van der Waals surface area (Å²) in [5, 5.41) is 0. The first-order valence-electron chi connectivity index (χ1n) is 8.19. The van der Waals surface area contributed by atoms with E-state index in [2.05, 4.69) is 0 Å². The molecule has 1 saturated heterocycles. The van der Waals surface area contributed by atoms with Crippen LogP contribution in [-0.4, -0.2) is 30.8 Å². The van der Waals surface area contributed by atoms with Crippen molar-refractivity contribution in [2.75, 3.05) is 6.61 Å². The first-order chi connectivity index (χ1) is 10.9. The summed E-state index contributed by atoms with van der Waals surface area (Å²) in [6.07, 6.45) is 2.38. The Hall–Kier alpha value is -1.59. The van der Waals surface area contributed by atoms with E-state index in [9.17, 15) is 4.79 Å². The predicted molar refractivity (Wildman–Crippen MR) is 84.1 cm³/mol. The standard InChI is InChI=1S/C18H24O5/c1-12(10-16(19)22-17-11-20-18(2,3)23-17)13-4-6-14(7-5-13)21-15-8-9-15/h4-7,12,15,17H,8-11H2,1-3H3/t12-,17?/m0/s1. The number of esters is 1. The van der Waals surface area contributed by atoms with Crippen LogP contribution in [0.3, 0.4) is 0 Å². The molecule has 2 aliphatic rings. The summed E-state index contributed by atoms with van der Waals surface area (Å²) < 4.78 is 21.9. The number of ether oxygens (including phenoxy) is 4. The number of carbonyl (C=O) groups is 1. The molecule has 126 valence electrons. The summed E-state index contributed by atoms with van der Waals surface area (Å²) in [5.74, 6) is 0.00759. The number of carbonyl (C=O) groups excluding carboxylic acids is 1. The molecule has 1 unspecified atom stereocenters. The lowest BCUT2D eigenvalue weighted by Gasteiger charge is -2.17. The monoisotopic (exact) mass is 320 g/mol. The number of benzene rings is 1. The van der Waals surface area contributed by atoms with Crippen molar-refractivity contribution in [3.8, 4) is 5.75 Å². The molecule has 23 heavy (non-hydrogen) atoms. The Kier molecular flexibility index (Phi) is 4.60. The lowest BCUT2D eigenvalue weighted by atomic mass is 9.98. The quantitative estimate of drug-likeness (QED) is 0.752. The van der Waals surface area contributed by atoms with Crippen LogP contribution in [0.25, 0.3) is 0 Å². The van der Waals surface area contributed by atoms with Crippen molar-refractivity contribution >= 4 is 5.97 Å². The third-order valence-corrected chi connectivity index (χ3v) is 3.99. The van der Waals surface area contributed by atoms with Crippen molar-refractivity contribution in [2.24, 2.45) is 0 Å². The Morgan fingerprint density at radius 3 is 2.57 bits per heavy atom. The lowest BCUT2D eigenvalue weighted by Crippen LogP contribution is -2.25. The van der Waals surface area contributed by atoms with Gasteiger partial charge in [-0.2, -0.15) is 0 Å². The molecule has 5 heteroatoms. The van der Waals surface area contributed by atoms with E-state index in [1.807, 2.05) is 31.2 Å². The van der Waals surface area contributed by atoms with E-state index in [0.717, 1.165) is 24.2 Å². The van der Waals surface area contributed by atoms with Gasteiger partial charge in [0.2, 0.25) is 6.29 Å². The molecule has 0 amide bonds. The van der Waals surface area contributed by atoms with Crippen LogP contribution in [0.2, 0.25) is 0 Å². The Morgan fingerprint density at radius 1 is 1.30 bits per heavy atom. The lowest BCUT2D eigenvalue weighted by molar-refractivity contribution is -0.197. The van der Waals surface area contributed by atoms with E-state index < -0.39 is 12.1 Å². The Morgan fingerprint density at radius 2 is 2.00 bits per heavy atom. The molecule has 2 atom stereocenters. The van der Waals surface area contributed by atoms with Gasteiger partial charge in [-0.1, -0.05) is 19.1 Å². The van der Waals surface area contributed by atoms with Crippen molar-refractivity contribution < 1.29 is 23.7 Å². The fraction of sp³-hybridized carbons (Fsp3) is 0.611. The van der Waals surface area contributed by atoms with Gasteiger partial charge in [0.15, 0.2) is 5.79 Å².